The van der Waals surface area contributed by atoms with E-state index in [4.69, 9.17) is 21.3 Å². The van der Waals surface area contributed by atoms with E-state index in [0.29, 0.717) is 37.7 Å². The van der Waals surface area contributed by atoms with Crippen LogP contribution in [0.15, 0.2) is 118 Å². The lowest BCUT2D eigenvalue weighted by molar-refractivity contribution is -0.139. The Bertz CT molecular complexity index is 2310. The van der Waals surface area contributed by atoms with Crippen molar-refractivity contribution in [1.82, 2.24) is 9.13 Å². The lowest BCUT2D eigenvalue weighted by atomic mass is 9.96. The van der Waals surface area contributed by atoms with Gasteiger partial charge < -0.3 is 9.30 Å². The zero-order valence-electron chi connectivity index (χ0n) is 24.2. The standard InChI is InChI=1S/C36H28ClN3O3S/c1-3-43-35(42)32-22(2)38-36-40(33(32)28-16-6-8-17-29(28)37)34(41)31(44-36)19-25-21-39(30-18-9-7-15-27(25)30)20-24-13-10-12-23-11-4-5-14-26(23)24/h4-19,21,33H,3,20H2,1-2H3/b31-19-/t33-/m0/s1. The van der Waals surface area contributed by atoms with Crippen LogP contribution in [0, 0.1) is 0 Å². The molecule has 0 spiro atoms. The third-order valence-corrected chi connectivity index (χ3v) is 9.37. The van der Waals surface area contributed by atoms with Gasteiger partial charge in [0.05, 0.1) is 22.4 Å². The molecular weight excluding hydrogens is 590 g/mol. The van der Waals surface area contributed by atoms with Crippen LogP contribution in [-0.4, -0.2) is 21.7 Å². The Hall–Kier alpha value is -4.72. The van der Waals surface area contributed by atoms with E-state index in [1.807, 2.05) is 36.4 Å². The first-order valence-electron chi connectivity index (χ1n) is 14.4. The summed E-state index contributed by atoms with van der Waals surface area (Å²) in [4.78, 5) is 32.6. The van der Waals surface area contributed by atoms with Gasteiger partial charge >= 0.3 is 5.97 Å². The number of aromatic nitrogens is 2. The third kappa shape index (κ3) is 4.78. The van der Waals surface area contributed by atoms with Crippen molar-refractivity contribution in [2.24, 2.45) is 4.99 Å². The molecule has 218 valence electrons. The van der Waals surface area contributed by atoms with E-state index >= 15 is 0 Å². The van der Waals surface area contributed by atoms with E-state index in [-0.39, 0.29) is 12.2 Å². The summed E-state index contributed by atoms with van der Waals surface area (Å²) in [6, 6.07) is 29.5. The summed E-state index contributed by atoms with van der Waals surface area (Å²) in [7, 11) is 0. The minimum absolute atomic E-state index is 0.206. The number of carbonyl (C=O) groups excluding carboxylic acids is 1. The number of nitrogens with zero attached hydrogens (tertiary/aromatic N) is 3. The van der Waals surface area contributed by atoms with Crippen LogP contribution >= 0.6 is 22.9 Å². The van der Waals surface area contributed by atoms with Gasteiger partial charge in [-0.05, 0) is 54.0 Å². The van der Waals surface area contributed by atoms with Crippen LogP contribution in [-0.2, 0) is 16.1 Å². The molecule has 7 rings (SSSR count). The first-order valence-corrected chi connectivity index (χ1v) is 15.6. The van der Waals surface area contributed by atoms with Gasteiger partial charge in [0, 0.05) is 34.2 Å². The zero-order chi connectivity index (χ0) is 30.4. The molecule has 3 heterocycles. The van der Waals surface area contributed by atoms with E-state index in [1.165, 1.54) is 27.7 Å². The number of rotatable bonds is 6. The smallest absolute Gasteiger partial charge is 0.338 e. The van der Waals surface area contributed by atoms with Crippen LogP contribution in [0.1, 0.15) is 36.6 Å². The number of hydrogen-bond donors (Lipinski definition) is 0. The van der Waals surface area contributed by atoms with E-state index in [1.54, 1.807) is 24.5 Å². The molecule has 0 amide bonds. The number of ether oxygens (including phenoxy) is 1. The predicted molar refractivity (Wildman–Crippen MR) is 177 cm³/mol. The SMILES string of the molecule is CCOC(=O)C1=C(C)N=c2s/c(=C\c3cn(Cc4cccc5ccccc45)c4ccccc34)c(=O)n2[C@H]1c1ccccc1Cl. The van der Waals surface area contributed by atoms with Crippen molar-refractivity contribution in [2.45, 2.75) is 26.4 Å². The minimum Gasteiger partial charge on any atom is -0.463 e. The fraction of sp³-hybridized carbons (Fsp3) is 0.139. The highest BCUT2D eigenvalue weighted by atomic mass is 35.5. The van der Waals surface area contributed by atoms with E-state index < -0.39 is 12.0 Å². The first-order chi connectivity index (χ1) is 21.4. The van der Waals surface area contributed by atoms with Crippen molar-refractivity contribution in [1.29, 1.82) is 0 Å². The summed E-state index contributed by atoms with van der Waals surface area (Å²) >= 11 is 7.96. The maximum absolute atomic E-state index is 14.2. The predicted octanol–water partition coefficient (Wildman–Crippen LogP) is 6.61. The first kappa shape index (κ1) is 28.1. The van der Waals surface area contributed by atoms with Gasteiger partial charge in [-0.2, -0.15) is 0 Å². The van der Waals surface area contributed by atoms with E-state index in [2.05, 4.69) is 65.4 Å². The fourth-order valence-corrected chi connectivity index (χ4v) is 7.34. The normalized spacial score (nSPS) is 15.1. The number of benzene rings is 4. The highest BCUT2D eigenvalue weighted by Gasteiger charge is 2.34. The highest BCUT2D eigenvalue weighted by Crippen LogP contribution is 2.34. The molecule has 0 saturated carbocycles. The van der Waals surface area contributed by atoms with Gasteiger partial charge in [0.2, 0.25) is 0 Å². The van der Waals surface area contributed by atoms with Crippen LogP contribution < -0.4 is 14.9 Å². The molecule has 44 heavy (non-hydrogen) atoms. The molecule has 6 aromatic rings. The number of para-hydroxylation sites is 1. The van der Waals surface area contributed by atoms with Gasteiger partial charge in [-0.15, -0.1) is 0 Å². The van der Waals surface area contributed by atoms with Gasteiger partial charge in [-0.3, -0.25) is 9.36 Å². The third-order valence-electron chi connectivity index (χ3n) is 8.04. The number of esters is 1. The molecule has 1 aliphatic heterocycles. The van der Waals surface area contributed by atoms with Gasteiger partial charge in [-0.1, -0.05) is 102 Å². The summed E-state index contributed by atoms with van der Waals surface area (Å²) < 4.78 is 9.73. The molecule has 1 atom stereocenters. The summed E-state index contributed by atoms with van der Waals surface area (Å²) in [5, 5.41) is 3.92. The van der Waals surface area contributed by atoms with Crippen LogP contribution in [0.25, 0.3) is 27.8 Å². The Morgan fingerprint density at radius 2 is 1.70 bits per heavy atom. The molecule has 0 aliphatic carbocycles. The Morgan fingerprint density at radius 3 is 2.52 bits per heavy atom. The number of carbonyl (C=O) groups is 1. The fourth-order valence-electron chi connectivity index (χ4n) is 6.06. The average molecular weight is 618 g/mol. The molecule has 4 aromatic carbocycles. The molecule has 8 heteroatoms. The molecule has 0 N–H and O–H groups in total. The van der Waals surface area contributed by atoms with Crippen molar-refractivity contribution >= 4 is 56.7 Å². The molecule has 1 aliphatic rings. The average Bonchev–Trinajstić information content (AvgIpc) is 3.53. The minimum atomic E-state index is -0.756. The molecule has 0 fully saturated rings. The van der Waals surface area contributed by atoms with Crippen LogP contribution in [0.2, 0.25) is 5.02 Å². The monoisotopic (exact) mass is 617 g/mol. The van der Waals surface area contributed by atoms with Crippen molar-refractivity contribution in [3.05, 3.63) is 150 Å². The Kier molecular flexibility index (Phi) is 7.28. The number of allylic oxidation sites excluding steroid dienone is 1. The van der Waals surface area contributed by atoms with Gasteiger partial charge in [0.25, 0.3) is 5.56 Å². The summed E-state index contributed by atoms with van der Waals surface area (Å²) in [6.07, 6.45) is 4.03. The molecule has 0 unspecified atom stereocenters. The number of hydrogen-bond acceptors (Lipinski definition) is 5. The quantitative estimate of drug-likeness (QED) is 0.198. The number of fused-ring (bicyclic) bond motifs is 3. The topological polar surface area (TPSA) is 65.6 Å². The van der Waals surface area contributed by atoms with Crippen LogP contribution in [0.4, 0.5) is 0 Å². The summed E-state index contributed by atoms with van der Waals surface area (Å²) in [5.74, 6) is -0.510. The van der Waals surface area contributed by atoms with Crippen molar-refractivity contribution in [3.63, 3.8) is 0 Å². The number of halogens is 1. The summed E-state index contributed by atoms with van der Waals surface area (Å²) in [5.41, 5.74) is 4.45. The lowest BCUT2D eigenvalue weighted by Gasteiger charge is -2.25. The highest BCUT2D eigenvalue weighted by molar-refractivity contribution is 7.07. The largest absolute Gasteiger partial charge is 0.463 e. The van der Waals surface area contributed by atoms with Crippen LogP contribution in [0.5, 0.6) is 0 Å². The van der Waals surface area contributed by atoms with Crippen molar-refractivity contribution in [3.8, 4) is 0 Å². The lowest BCUT2D eigenvalue weighted by Crippen LogP contribution is -2.40. The number of thiazole rings is 1. The Balaban J connectivity index is 1.39. The second-order valence-electron chi connectivity index (χ2n) is 10.7. The van der Waals surface area contributed by atoms with Crippen molar-refractivity contribution in [2.75, 3.05) is 6.61 Å². The van der Waals surface area contributed by atoms with Gasteiger partial charge in [0.1, 0.15) is 6.04 Å². The van der Waals surface area contributed by atoms with E-state index in [9.17, 15) is 9.59 Å². The maximum Gasteiger partial charge on any atom is 0.338 e. The molecule has 0 radical (unpaired) electrons. The van der Waals surface area contributed by atoms with Crippen molar-refractivity contribution < 1.29 is 9.53 Å². The second kappa shape index (κ2) is 11.4. The molecule has 2 aromatic heterocycles. The zero-order valence-corrected chi connectivity index (χ0v) is 25.7. The Morgan fingerprint density at radius 1 is 0.977 bits per heavy atom. The maximum atomic E-state index is 14.2. The molecular formula is C36H28ClN3O3S. The summed E-state index contributed by atoms with van der Waals surface area (Å²) in [6.45, 7) is 4.42. The molecule has 6 nitrogen and oxygen atoms in total. The van der Waals surface area contributed by atoms with E-state index in [0.717, 1.165) is 16.5 Å². The van der Waals surface area contributed by atoms with Gasteiger partial charge in [0.15, 0.2) is 4.80 Å². The molecule has 0 saturated heterocycles. The van der Waals surface area contributed by atoms with Gasteiger partial charge in [-0.25, -0.2) is 9.79 Å². The molecule has 0 bridgehead atoms. The van der Waals surface area contributed by atoms with Crippen LogP contribution in [0.3, 0.4) is 0 Å². The Labute approximate surface area is 262 Å². The second-order valence-corrected chi connectivity index (χ2v) is 12.1.